The molecule has 1 aromatic heterocycles. The second-order valence-corrected chi connectivity index (χ2v) is 6.77. The molecule has 0 radical (unpaired) electrons. The van der Waals surface area contributed by atoms with Crippen LogP contribution in [0.2, 0.25) is 0 Å². The molecule has 0 bridgehead atoms. The fourth-order valence-corrected chi connectivity index (χ4v) is 3.25. The number of amides is 2. The number of ether oxygens (including phenoxy) is 2. The molecular formula is C23H21N3O4. The number of benzene rings is 2. The Morgan fingerprint density at radius 1 is 1.10 bits per heavy atom. The second-order valence-electron chi connectivity index (χ2n) is 6.77. The van der Waals surface area contributed by atoms with E-state index in [1.807, 2.05) is 24.3 Å². The predicted octanol–water partition coefficient (Wildman–Crippen LogP) is 3.20. The summed E-state index contributed by atoms with van der Waals surface area (Å²) in [5.41, 5.74) is 1.93. The fourth-order valence-electron chi connectivity index (χ4n) is 3.25. The average molecular weight is 403 g/mol. The summed E-state index contributed by atoms with van der Waals surface area (Å²) in [5, 5.41) is 2.88. The number of nitrogens with one attached hydrogen (secondary N) is 1. The van der Waals surface area contributed by atoms with Crippen LogP contribution in [0.1, 0.15) is 15.9 Å². The monoisotopic (exact) mass is 403 g/mol. The molecule has 152 valence electrons. The number of carbonyl (C=O) groups excluding carboxylic acids is 2. The van der Waals surface area contributed by atoms with E-state index in [0.29, 0.717) is 35.8 Å². The number of fused-ring (bicyclic) bond motifs is 2. The molecule has 0 saturated carbocycles. The summed E-state index contributed by atoms with van der Waals surface area (Å²) in [5.74, 6) is 0.942. The fraction of sp³-hybridized carbons (Fsp3) is 0.174. The molecule has 1 aliphatic rings. The number of pyridine rings is 1. The maximum absolute atomic E-state index is 13.1. The van der Waals surface area contributed by atoms with Gasteiger partial charge in [-0.2, -0.15) is 0 Å². The van der Waals surface area contributed by atoms with E-state index in [4.69, 9.17) is 9.47 Å². The molecule has 0 atom stereocenters. The van der Waals surface area contributed by atoms with E-state index < -0.39 is 0 Å². The van der Waals surface area contributed by atoms with Crippen molar-refractivity contribution in [3.8, 4) is 17.4 Å². The Hall–Kier alpha value is -3.87. The van der Waals surface area contributed by atoms with Crippen LogP contribution in [-0.2, 0) is 11.2 Å². The summed E-state index contributed by atoms with van der Waals surface area (Å²) in [6.07, 6.45) is 2.26. The van der Waals surface area contributed by atoms with Crippen LogP contribution in [0, 0.1) is 0 Å². The van der Waals surface area contributed by atoms with E-state index in [-0.39, 0.29) is 18.4 Å². The third-order valence-electron chi connectivity index (χ3n) is 4.81. The lowest BCUT2D eigenvalue weighted by Gasteiger charge is -2.21. The zero-order valence-corrected chi connectivity index (χ0v) is 16.5. The highest BCUT2D eigenvalue weighted by Crippen LogP contribution is 2.36. The Labute approximate surface area is 174 Å². The molecule has 1 aliphatic heterocycles. The lowest BCUT2D eigenvalue weighted by atomic mass is 10.1. The van der Waals surface area contributed by atoms with Gasteiger partial charge in [0, 0.05) is 12.7 Å². The Morgan fingerprint density at radius 3 is 2.70 bits per heavy atom. The van der Waals surface area contributed by atoms with E-state index >= 15 is 0 Å². The maximum Gasteiger partial charge on any atom is 0.262 e. The Balaban J connectivity index is 1.45. The summed E-state index contributed by atoms with van der Waals surface area (Å²) in [6.45, 7) is 0.331. The molecule has 2 heterocycles. The van der Waals surface area contributed by atoms with Gasteiger partial charge in [-0.15, -0.1) is 0 Å². The Kier molecular flexibility index (Phi) is 5.61. The molecule has 0 saturated heterocycles. The third-order valence-corrected chi connectivity index (χ3v) is 4.81. The molecule has 7 heteroatoms. The molecule has 0 unspecified atom stereocenters. The van der Waals surface area contributed by atoms with E-state index in [9.17, 15) is 9.59 Å². The van der Waals surface area contributed by atoms with Crippen molar-refractivity contribution in [1.29, 1.82) is 0 Å². The highest BCUT2D eigenvalue weighted by atomic mass is 16.5. The number of rotatable bonds is 6. The van der Waals surface area contributed by atoms with Crippen molar-refractivity contribution in [2.45, 2.75) is 6.42 Å². The molecule has 0 fully saturated rings. The molecule has 7 nitrogen and oxygen atoms in total. The zero-order valence-electron chi connectivity index (χ0n) is 16.5. The topological polar surface area (TPSA) is 80.8 Å². The number of para-hydroxylation sites is 1. The second kappa shape index (κ2) is 8.65. The van der Waals surface area contributed by atoms with E-state index in [2.05, 4.69) is 10.3 Å². The van der Waals surface area contributed by atoms with Crippen molar-refractivity contribution in [3.05, 3.63) is 78.0 Å². The Bertz CT molecular complexity index is 1070. The number of aromatic nitrogens is 1. The van der Waals surface area contributed by atoms with E-state index in [0.717, 1.165) is 11.3 Å². The van der Waals surface area contributed by atoms with Crippen molar-refractivity contribution in [1.82, 2.24) is 10.3 Å². The molecule has 2 amide bonds. The molecular weight excluding hydrogens is 382 g/mol. The number of hydrogen-bond acceptors (Lipinski definition) is 5. The van der Waals surface area contributed by atoms with Gasteiger partial charge >= 0.3 is 0 Å². The van der Waals surface area contributed by atoms with Gasteiger partial charge in [0.25, 0.3) is 5.91 Å². The highest BCUT2D eigenvalue weighted by Gasteiger charge is 2.29. The number of nitrogens with zero attached hydrogens (tertiary/aromatic N) is 2. The Morgan fingerprint density at radius 2 is 1.90 bits per heavy atom. The lowest BCUT2D eigenvalue weighted by Crippen LogP contribution is -2.41. The lowest BCUT2D eigenvalue weighted by molar-refractivity contribution is -0.119. The van der Waals surface area contributed by atoms with Crippen LogP contribution in [0.25, 0.3) is 0 Å². The van der Waals surface area contributed by atoms with Crippen LogP contribution in [0.3, 0.4) is 0 Å². The summed E-state index contributed by atoms with van der Waals surface area (Å²) >= 11 is 0. The van der Waals surface area contributed by atoms with Crippen LogP contribution < -0.4 is 19.7 Å². The van der Waals surface area contributed by atoms with Gasteiger partial charge in [0.1, 0.15) is 23.7 Å². The first kappa shape index (κ1) is 19.4. The van der Waals surface area contributed by atoms with Gasteiger partial charge in [0.05, 0.1) is 12.7 Å². The first-order chi connectivity index (χ1) is 14.7. The minimum atomic E-state index is -0.303. The molecule has 1 N–H and O–H groups in total. The quantitative estimate of drug-likeness (QED) is 0.684. The molecule has 30 heavy (non-hydrogen) atoms. The van der Waals surface area contributed by atoms with E-state index in [1.54, 1.807) is 49.7 Å². The minimum Gasteiger partial charge on any atom is -0.497 e. The van der Waals surface area contributed by atoms with Crippen LogP contribution in [-0.4, -0.2) is 37.0 Å². The minimum absolute atomic E-state index is 0.127. The highest BCUT2D eigenvalue weighted by molar-refractivity contribution is 6.11. The van der Waals surface area contributed by atoms with Gasteiger partial charge in [-0.3, -0.25) is 14.5 Å². The number of anilines is 1. The summed E-state index contributed by atoms with van der Waals surface area (Å²) < 4.78 is 11.0. The van der Waals surface area contributed by atoms with Crippen molar-refractivity contribution < 1.29 is 19.1 Å². The standard InChI is InChI=1S/C23H21N3O4/c1-29-17-10-8-16(9-11-17)12-14-24-21(27)15-26-19-6-4-13-25-22(19)30-20-7-3-2-5-18(20)23(26)28/h2-11,13H,12,14-15H2,1H3,(H,24,27). The van der Waals surface area contributed by atoms with Gasteiger partial charge in [0.2, 0.25) is 11.8 Å². The molecule has 4 rings (SSSR count). The van der Waals surface area contributed by atoms with Crippen LogP contribution >= 0.6 is 0 Å². The van der Waals surface area contributed by atoms with Gasteiger partial charge in [-0.25, -0.2) is 4.98 Å². The molecule has 2 aromatic carbocycles. The van der Waals surface area contributed by atoms with Crippen molar-refractivity contribution in [2.24, 2.45) is 0 Å². The first-order valence-corrected chi connectivity index (χ1v) is 9.59. The van der Waals surface area contributed by atoms with Gasteiger partial charge in [0.15, 0.2) is 0 Å². The van der Waals surface area contributed by atoms with Crippen LogP contribution in [0.5, 0.6) is 17.4 Å². The largest absolute Gasteiger partial charge is 0.497 e. The molecule has 0 aliphatic carbocycles. The predicted molar refractivity (Wildman–Crippen MR) is 112 cm³/mol. The van der Waals surface area contributed by atoms with Gasteiger partial charge < -0.3 is 14.8 Å². The number of carbonyl (C=O) groups is 2. The smallest absolute Gasteiger partial charge is 0.262 e. The maximum atomic E-state index is 13.1. The first-order valence-electron chi connectivity index (χ1n) is 9.59. The normalized spacial score (nSPS) is 12.3. The van der Waals surface area contributed by atoms with Crippen molar-refractivity contribution in [2.75, 3.05) is 25.1 Å². The number of hydrogen-bond donors (Lipinski definition) is 1. The van der Waals surface area contributed by atoms with E-state index in [1.165, 1.54) is 4.90 Å². The third kappa shape index (κ3) is 4.10. The van der Waals surface area contributed by atoms with Crippen LogP contribution in [0.15, 0.2) is 66.9 Å². The SMILES string of the molecule is COc1ccc(CCNC(=O)CN2C(=O)c3ccccc3Oc3ncccc32)cc1. The zero-order chi connectivity index (χ0) is 20.9. The summed E-state index contributed by atoms with van der Waals surface area (Å²) in [4.78, 5) is 31.3. The average Bonchev–Trinajstić information content (AvgIpc) is 2.89. The van der Waals surface area contributed by atoms with Crippen molar-refractivity contribution >= 4 is 17.5 Å². The van der Waals surface area contributed by atoms with Gasteiger partial charge in [-0.1, -0.05) is 24.3 Å². The molecule has 0 spiro atoms. The van der Waals surface area contributed by atoms with Gasteiger partial charge in [-0.05, 0) is 48.4 Å². The summed E-state index contributed by atoms with van der Waals surface area (Å²) in [6, 6.07) is 18.0. The summed E-state index contributed by atoms with van der Waals surface area (Å²) in [7, 11) is 1.62. The number of methoxy groups -OCH3 is 1. The molecule has 3 aromatic rings. The van der Waals surface area contributed by atoms with Crippen LogP contribution in [0.4, 0.5) is 5.69 Å². The van der Waals surface area contributed by atoms with Crippen molar-refractivity contribution in [3.63, 3.8) is 0 Å².